The van der Waals surface area contributed by atoms with Gasteiger partial charge >= 0.3 is 0 Å². The van der Waals surface area contributed by atoms with Crippen molar-refractivity contribution < 1.29 is 8.42 Å². The van der Waals surface area contributed by atoms with Gasteiger partial charge in [0.25, 0.3) is 0 Å². The van der Waals surface area contributed by atoms with Gasteiger partial charge in [-0.2, -0.15) is 0 Å². The summed E-state index contributed by atoms with van der Waals surface area (Å²) in [6, 6.07) is 2.04. The minimum atomic E-state index is -3.30. The molecule has 0 atom stereocenters. The lowest BCUT2D eigenvalue weighted by Crippen LogP contribution is -2.45. The van der Waals surface area contributed by atoms with Gasteiger partial charge in [0, 0.05) is 11.7 Å². The van der Waals surface area contributed by atoms with Gasteiger partial charge in [-0.15, -0.1) is 0 Å². The van der Waals surface area contributed by atoms with Crippen molar-refractivity contribution in [2.45, 2.75) is 63.2 Å². The van der Waals surface area contributed by atoms with E-state index in [9.17, 15) is 8.42 Å². The normalized spacial score (nSPS) is 22.8. The van der Waals surface area contributed by atoms with E-state index in [1.807, 2.05) is 6.07 Å². The minimum absolute atomic E-state index is 0.0177. The van der Waals surface area contributed by atoms with Crippen molar-refractivity contribution in [2.75, 3.05) is 0 Å². The molecule has 2 aromatic heterocycles. The Labute approximate surface area is 147 Å². The highest BCUT2D eigenvalue weighted by molar-refractivity contribution is 7.90. The number of rotatable bonds is 3. The highest BCUT2D eigenvalue weighted by atomic mass is 35.5. The monoisotopic (exact) mass is 370 g/mol. The van der Waals surface area contributed by atoms with Crippen LogP contribution in [0.2, 0.25) is 5.28 Å². The molecule has 0 bridgehead atoms. The summed E-state index contributed by atoms with van der Waals surface area (Å²) in [6.45, 7) is 5.16. The molecule has 132 valence electrons. The molecule has 2 N–H and O–H groups in total. The average molecular weight is 371 g/mol. The van der Waals surface area contributed by atoms with E-state index in [1.165, 1.54) is 0 Å². The summed E-state index contributed by atoms with van der Waals surface area (Å²) in [5.41, 5.74) is 2.82. The van der Waals surface area contributed by atoms with Crippen LogP contribution in [0.25, 0.3) is 11.0 Å². The van der Waals surface area contributed by atoms with E-state index in [0.717, 1.165) is 42.4 Å². The molecule has 2 heterocycles. The number of nitrogens with one attached hydrogen (secondary N) is 2. The molecule has 1 aliphatic carbocycles. The fraction of sp³-hybridized carbons (Fsp3) is 0.625. The smallest absolute Gasteiger partial charge is 0.223 e. The molecule has 1 fully saturated rings. The van der Waals surface area contributed by atoms with Gasteiger partial charge in [-0.25, -0.2) is 23.1 Å². The Morgan fingerprint density at radius 3 is 2.54 bits per heavy atom. The summed E-state index contributed by atoms with van der Waals surface area (Å²) in [6.07, 6.45) is 5.23. The van der Waals surface area contributed by atoms with Crippen LogP contribution in [-0.4, -0.2) is 34.2 Å². The molecule has 0 amide bonds. The molecule has 0 radical (unpaired) electrons. The number of hydrogen-bond donors (Lipinski definition) is 2. The van der Waals surface area contributed by atoms with Crippen LogP contribution in [0, 0.1) is 0 Å². The molecule has 24 heavy (non-hydrogen) atoms. The van der Waals surface area contributed by atoms with Crippen molar-refractivity contribution in [3.8, 4) is 0 Å². The molecule has 0 unspecified atom stereocenters. The molecule has 6 nitrogen and oxygen atoms in total. The van der Waals surface area contributed by atoms with Crippen molar-refractivity contribution in [3.05, 3.63) is 23.2 Å². The van der Waals surface area contributed by atoms with Crippen LogP contribution in [0.1, 0.15) is 58.1 Å². The first-order chi connectivity index (χ1) is 11.2. The second-order valence-corrected chi connectivity index (χ2v) is 10.3. The van der Waals surface area contributed by atoms with E-state index in [0.29, 0.717) is 5.92 Å². The average Bonchev–Trinajstić information content (AvgIpc) is 2.89. The zero-order chi connectivity index (χ0) is 17.5. The molecule has 2 aromatic rings. The fourth-order valence-electron chi connectivity index (χ4n) is 3.06. The Balaban J connectivity index is 1.66. The first kappa shape index (κ1) is 17.6. The van der Waals surface area contributed by atoms with Crippen LogP contribution in [0.5, 0.6) is 0 Å². The topological polar surface area (TPSA) is 87.7 Å². The van der Waals surface area contributed by atoms with Crippen molar-refractivity contribution in [2.24, 2.45) is 0 Å². The molecule has 0 saturated heterocycles. The largest absolute Gasteiger partial charge is 0.356 e. The molecular weight excluding hydrogens is 348 g/mol. The van der Waals surface area contributed by atoms with Crippen molar-refractivity contribution in [3.63, 3.8) is 0 Å². The van der Waals surface area contributed by atoms with E-state index in [4.69, 9.17) is 11.6 Å². The Morgan fingerprint density at radius 1 is 1.25 bits per heavy atom. The second kappa shape index (κ2) is 6.28. The molecule has 3 rings (SSSR count). The Kier molecular flexibility index (Phi) is 4.61. The van der Waals surface area contributed by atoms with E-state index in [-0.39, 0.29) is 11.3 Å². The lowest BCUT2D eigenvalue weighted by atomic mass is 9.84. The van der Waals surface area contributed by atoms with Gasteiger partial charge in [0.05, 0.1) is 22.0 Å². The third-order valence-electron chi connectivity index (χ3n) is 4.66. The van der Waals surface area contributed by atoms with Gasteiger partial charge in [0.2, 0.25) is 15.3 Å². The van der Waals surface area contributed by atoms with Crippen LogP contribution in [0.4, 0.5) is 0 Å². The molecule has 0 aromatic carbocycles. The Hall–Kier alpha value is -1.18. The number of aromatic nitrogens is 3. The van der Waals surface area contributed by atoms with Gasteiger partial charge in [-0.05, 0) is 70.0 Å². The molecule has 8 heteroatoms. The Morgan fingerprint density at radius 2 is 1.92 bits per heavy atom. The maximum absolute atomic E-state index is 12.3. The van der Waals surface area contributed by atoms with Gasteiger partial charge in [-0.1, -0.05) is 0 Å². The third-order valence-corrected chi connectivity index (χ3v) is 7.09. The zero-order valence-electron chi connectivity index (χ0n) is 14.1. The lowest BCUT2D eigenvalue weighted by Gasteiger charge is -2.31. The van der Waals surface area contributed by atoms with Gasteiger partial charge in [0.15, 0.2) is 0 Å². The van der Waals surface area contributed by atoms with E-state index >= 15 is 0 Å². The summed E-state index contributed by atoms with van der Waals surface area (Å²) < 4.78 is 26.6. The van der Waals surface area contributed by atoms with E-state index in [1.54, 1.807) is 27.0 Å². The number of sulfonamides is 1. The van der Waals surface area contributed by atoms with Crippen molar-refractivity contribution in [1.29, 1.82) is 0 Å². The van der Waals surface area contributed by atoms with Crippen LogP contribution in [0.15, 0.2) is 12.3 Å². The number of fused-ring (bicyclic) bond motifs is 1. The maximum Gasteiger partial charge on any atom is 0.223 e. The van der Waals surface area contributed by atoms with Crippen LogP contribution in [0.3, 0.4) is 0 Å². The summed E-state index contributed by atoms with van der Waals surface area (Å²) in [5.74, 6) is 0.383. The predicted molar refractivity (Wildman–Crippen MR) is 95.7 cm³/mol. The number of nitrogens with zero attached hydrogens (tertiary/aromatic N) is 2. The Bertz CT molecular complexity index is 833. The van der Waals surface area contributed by atoms with E-state index in [2.05, 4.69) is 19.7 Å². The number of hydrogen-bond acceptors (Lipinski definition) is 4. The summed E-state index contributed by atoms with van der Waals surface area (Å²) in [7, 11) is -3.30. The number of aromatic amines is 1. The molecule has 1 saturated carbocycles. The third kappa shape index (κ3) is 3.58. The standard InChI is InChI=1S/C16H23ClN4O2S/c1-16(2,3)24(22,23)21-11-6-4-10(5-7-11)12-8-13-14(19-12)9-18-15(17)20-13/h8-11,19,21H,4-7H2,1-3H3/t10-,11-. The first-order valence-corrected chi connectivity index (χ1v) is 10.0. The van der Waals surface area contributed by atoms with Crippen LogP contribution >= 0.6 is 11.6 Å². The molecular formula is C16H23ClN4O2S. The number of H-pyrrole nitrogens is 1. The van der Waals surface area contributed by atoms with Gasteiger partial charge in [-0.3, -0.25) is 0 Å². The highest BCUT2D eigenvalue weighted by Gasteiger charge is 2.33. The zero-order valence-corrected chi connectivity index (χ0v) is 15.7. The minimum Gasteiger partial charge on any atom is -0.356 e. The quantitative estimate of drug-likeness (QED) is 0.811. The summed E-state index contributed by atoms with van der Waals surface area (Å²) in [4.78, 5) is 11.6. The van der Waals surface area contributed by atoms with Crippen LogP contribution < -0.4 is 4.72 Å². The fourth-order valence-corrected chi connectivity index (χ4v) is 4.22. The molecule has 0 aliphatic heterocycles. The SMILES string of the molecule is CC(C)(C)S(=O)(=O)N[C@H]1CC[C@H](c2cc3nc(Cl)ncc3[nH]2)CC1. The summed E-state index contributed by atoms with van der Waals surface area (Å²) in [5, 5.41) is 0.244. The second-order valence-electron chi connectivity index (χ2n) is 7.44. The molecule has 0 spiro atoms. The van der Waals surface area contributed by atoms with Gasteiger partial charge in [0.1, 0.15) is 0 Å². The highest BCUT2D eigenvalue weighted by Crippen LogP contribution is 2.34. The number of halogens is 1. The van der Waals surface area contributed by atoms with Crippen molar-refractivity contribution >= 4 is 32.7 Å². The lowest BCUT2D eigenvalue weighted by molar-refractivity contribution is 0.368. The van der Waals surface area contributed by atoms with Crippen LogP contribution in [-0.2, 0) is 10.0 Å². The molecule has 1 aliphatic rings. The van der Waals surface area contributed by atoms with Crippen molar-refractivity contribution in [1.82, 2.24) is 19.7 Å². The van der Waals surface area contributed by atoms with E-state index < -0.39 is 14.8 Å². The van der Waals surface area contributed by atoms with Gasteiger partial charge < -0.3 is 4.98 Å². The maximum atomic E-state index is 12.3. The summed E-state index contributed by atoms with van der Waals surface area (Å²) >= 11 is 5.83. The first-order valence-electron chi connectivity index (χ1n) is 8.19. The predicted octanol–water partition coefficient (Wildman–Crippen LogP) is 3.36.